The van der Waals surface area contributed by atoms with Gasteiger partial charge in [0.25, 0.3) is 8.32 Å². The first-order valence-corrected chi connectivity index (χ1v) is 15.6. The minimum atomic E-state index is -2.83. The second-order valence-electron chi connectivity index (χ2n) is 12.0. The summed E-state index contributed by atoms with van der Waals surface area (Å²) in [7, 11) is -2.83. The smallest absolute Gasteiger partial charge is 0.408 e. The SMILES string of the molecule is CC(O[Si](c1ccccc1)(c1ccccc1)C(C)(C)C)C(=O)CCCCC[C@H](NC(=O)OC(C)(C)C)C(=O)O. The van der Waals surface area contributed by atoms with E-state index in [0.717, 1.165) is 10.4 Å². The molecule has 0 saturated carbocycles. The Hall–Kier alpha value is -2.97. The molecule has 1 unspecified atom stereocenters. The summed E-state index contributed by atoms with van der Waals surface area (Å²) in [5, 5.41) is 13.9. The van der Waals surface area contributed by atoms with Gasteiger partial charge in [0.2, 0.25) is 0 Å². The van der Waals surface area contributed by atoms with Crippen molar-refractivity contribution in [3.05, 3.63) is 60.7 Å². The molecular formula is C31H45NO6Si. The van der Waals surface area contributed by atoms with Crippen LogP contribution in [0.5, 0.6) is 0 Å². The molecule has 0 aromatic heterocycles. The molecule has 0 aliphatic rings. The summed E-state index contributed by atoms with van der Waals surface area (Å²) in [6.45, 7) is 13.5. The van der Waals surface area contributed by atoms with Gasteiger partial charge in [0, 0.05) is 6.42 Å². The first kappa shape index (κ1) is 32.2. The van der Waals surface area contributed by atoms with Crippen LogP contribution in [-0.4, -0.2) is 49.0 Å². The largest absolute Gasteiger partial charge is 0.480 e. The third kappa shape index (κ3) is 9.32. The van der Waals surface area contributed by atoms with Gasteiger partial charge < -0.3 is 19.6 Å². The van der Waals surface area contributed by atoms with E-state index in [2.05, 4.69) is 50.4 Å². The van der Waals surface area contributed by atoms with E-state index in [1.165, 1.54) is 0 Å². The van der Waals surface area contributed by atoms with Gasteiger partial charge in [-0.2, -0.15) is 0 Å². The molecule has 0 bridgehead atoms. The van der Waals surface area contributed by atoms with Gasteiger partial charge in [-0.25, -0.2) is 9.59 Å². The van der Waals surface area contributed by atoms with Crippen molar-refractivity contribution < 1.29 is 28.7 Å². The molecule has 0 aliphatic heterocycles. The van der Waals surface area contributed by atoms with Crippen molar-refractivity contribution in [3.8, 4) is 0 Å². The number of unbranched alkanes of at least 4 members (excludes halogenated alkanes) is 2. The third-order valence-electron chi connectivity index (χ3n) is 6.63. The monoisotopic (exact) mass is 555 g/mol. The number of carboxylic acid groups (broad SMARTS) is 1. The molecule has 2 aromatic carbocycles. The van der Waals surface area contributed by atoms with Crippen LogP contribution < -0.4 is 15.7 Å². The van der Waals surface area contributed by atoms with Crippen LogP contribution in [0, 0.1) is 0 Å². The van der Waals surface area contributed by atoms with Crippen molar-refractivity contribution in [2.45, 2.75) is 103 Å². The number of alkyl carbamates (subject to hydrolysis) is 1. The topological polar surface area (TPSA) is 102 Å². The van der Waals surface area contributed by atoms with Crippen LogP contribution in [0.25, 0.3) is 0 Å². The molecule has 214 valence electrons. The number of rotatable bonds is 13. The van der Waals surface area contributed by atoms with E-state index < -0.39 is 38.1 Å². The molecule has 7 nitrogen and oxygen atoms in total. The Balaban J connectivity index is 2.02. The Morgan fingerprint density at radius 3 is 1.79 bits per heavy atom. The van der Waals surface area contributed by atoms with Gasteiger partial charge in [0.1, 0.15) is 17.7 Å². The fourth-order valence-electron chi connectivity index (χ4n) is 4.76. The lowest BCUT2D eigenvalue weighted by molar-refractivity contribution is -0.139. The van der Waals surface area contributed by atoms with Crippen LogP contribution in [0.3, 0.4) is 0 Å². The summed E-state index contributed by atoms with van der Waals surface area (Å²) in [6.07, 6.45) is 1.11. The summed E-state index contributed by atoms with van der Waals surface area (Å²) in [5.74, 6) is -1.08. The second-order valence-corrected chi connectivity index (χ2v) is 16.3. The van der Waals surface area contributed by atoms with Crippen LogP contribution >= 0.6 is 0 Å². The number of hydrogen-bond donors (Lipinski definition) is 2. The first-order valence-electron chi connectivity index (χ1n) is 13.7. The highest BCUT2D eigenvalue weighted by atomic mass is 28.4. The van der Waals surface area contributed by atoms with Gasteiger partial charge in [-0.05, 0) is 55.9 Å². The second kappa shape index (κ2) is 13.9. The molecule has 2 rings (SSSR count). The van der Waals surface area contributed by atoms with Gasteiger partial charge in [-0.1, -0.05) is 94.3 Å². The first-order chi connectivity index (χ1) is 18.2. The number of nitrogens with one attached hydrogen (secondary N) is 1. The number of carbonyl (C=O) groups is 3. The Kier molecular flexibility index (Phi) is 11.5. The van der Waals surface area contributed by atoms with Crippen molar-refractivity contribution in [1.29, 1.82) is 0 Å². The van der Waals surface area contributed by atoms with Crippen LogP contribution in [0.2, 0.25) is 5.04 Å². The molecular weight excluding hydrogens is 510 g/mol. The molecule has 0 heterocycles. The number of aliphatic carboxylic acids is 1. The van der Waals surface area contributed by atoms with Crippen LogP contribution in [0.1, 0.15) is 80.6 Å². The summed E-state index contributed by atoms with van der Waals surface area (Å²) in [5.41, 5.74) is -0.708. The molecule has 0 fully saturated rings. The summed E-state index contributed by atoms with van der Waals surface area (Å²) >= 11 is 0. The van der Waals surface area contributed by atoms with E-state index in [1.807, 2.05) is 43.3 Å². The number of hydrogen-bond acceptors (Lipinski definition) is 5. The van der Waals surface area contributed by atoms with Crippen molar-refractivity contribution in [2.24, 2.45) is 0 Å². The predicted molar refractivity (Wildman–Crippen MR) is 157 cm³/mol. The summed E-state index contributed by atoms with van der Waals surface area (Å²) in [6, 6.07) is 19.4. The third-order valence-corrected chi connectivity index (χ3v) is 11.7. The quantitative estimate of drug-likeness (QED) is 0.252. The predicted octanol–water partition coefficient (Wildman–Crippen LogP) is 5.45. The van der Waals surface area contributed by atoms with E-state index >= 15 is 0 Å². The van der Waals surface area contributed by atoms with E-state index in [0.29, 0.717) is 25.7 Å². The zero-order chi connectivity index (χ0) is 29.3. The van der Waals surface area contributed by atoms with Crippen molar-refractivity contribution in [1.82, 2.24) is 5.32 Å². The average Bonchev–Trinajstić information content (AvgIpc) is 2.85. The van der Waals surface area contributed by atoms with Crippen LogP contribution in [0.4, 0.5) is 4.79 Å². The zero-order valence-corrected chi connectivity index (χ0v) is 25.5. The zero-order valence-electron chi connectivity index (χ0n) is 24.5. The maximum absolute atomic E-state index is 13.2. The number of ether oxygens (including phenoxy) is 1. The van der Waals surface area contributed by atoms with Gasteiger partial charge in [0.15, 0.2) is 5.78 Å². The van der Waals surface area contributed by atoms with E-state index in [1.54, 1.807) is 20.8 Å². The molecule has 39 heavy (non-hydrogen) atoms. The molecule has 0 aliphatic carbocycles. The summed E-state index contributed by atoms with van der Waals surface area (Å²) < 4.78 is 12.1. The molecule has 0 saturated heterocycles. The fourth-order valence-corrected chi connectivity index (χ4v) is 9.43. The van der Waals surface area contributed by atoms with Crippen molar-refractivity contribution in [3.63, 3.8) is 0 Å². The van der Waals surface area contributed by atoms with Crippen molar-refractivity contribution >= 4 is 36.5 Å². The lowest BCUT2D eigenvalue weighted by Gasteiger charge is -2.44. The Morgan fingerprint density at radius 1 is 0.846 bits per heavy atom. The van der Waals surface area contributed by atoms with Crippen molar-refractivity contribution in [2.75, 3.05) is 0 Å². The lowest BCUT2D eigenvalue weighted by Crippen LogP contribution is -2.68. The van der Waals surface area contributed by atoms with Crippen LogP contribution in [0.15, 0.2) is 60.7 Å². The molecule has 1 amide bonds. The van der Waals surface area contributed by atoms with E-state index in [9.17, 15) is 19.5 Å². The number of carboxylic acids is 1. The number of benzene rings is 2. The molecule has 8 heteroatoms. The van der Waals surface area contributed by atoms with Crippen LogP contribution in [-0.2, 0) is 18.8 Å². The molecule has 2 aromatic rings. The molecule has 2 atom stereocenters. The Bertz CT molecular complexity index is 1040. The average molecular weight is 556 g/mol. The number of carbonyl (C=O) groups excluding carboxylic acids is 2. The number of ketones is 1. The molecule has 0 spiro atoms. The van der Waals surface area contributed by atoms with Gasteiger partial charge in [0.05, 0.1) is 0 Å². The highest BCUT2D eigenvalue weighted by Crippen LogP contribution is 2.37. The number of Topliss-reactive ketones (excluding diaryl/α,β-unsaturated/α-hetero) is 1. The van der Waals surface area contributed by atoms with Gasteiger partial charge in [-0.3, -0.25) is 4.79 Å². The molecule has 2 N–H and O–H groups in total. The highest BCUT2D eigenvalue weighted by molar-refractivity contribution is 6.99. The van der Waals surface area contributed by atoms with Gasteiger partial charge in [-0.15, -0.1) is 0 Å². The molecule has 0 radical (unpaired) electrons. The standard InChI is InChI=1S/C31H45NO6Si/c1-23(27(33)22-16-10-15-21-26(28(34)35)32-29(36)37-30(2,3)4)38-39(31(5,6)7,24-17-11-8-12-18-24)25-19-13-9-14-20-25/h8-9,11-14,17-20,23,26H,10,15-16,21-22H2,1-7H3,(H,32,36)(H,34,35)/t23?,26-/m0/s1. The summed E-state index contributed by atoms with van der Waals surface area (Å²) in [4.78, 5) is 36.8. The highest BCUT2D eigenvalue weighted by Gasteiger charge is 2.51. The maximum atomic E-state index is 13.2. The van der Waals surface area contributed by atoms with Gasteiger partial charge >= 0.3 is 12.1 Å². The van der Waals surface area contributed by atoms with E-state index in [-0.39, 0.29) is 17.2 Å². The van der Waals surface area contributed by atoms with E-state index in [4.69, 9.17) is 9.16 Å². The Morgan fingerprint density at radius 2 is 1.36 bits per heavy atom. The normalized spacial score (nSPS) is 13.8. The lowest BCUT2D eigenvalue weighted by atomic mass is 10.0. The fraction of sp³-hybridized carbons (Fsp3) is 0.516. The minimum absolute atomic E-state index is 0.0321. The maximum Gasteiger partial charge on any atom is 0.408 e. The number of amides is 1. The minimum Gasteiger partial charge on any atom is -0.480 e. The Labute approximate surface area is 234 Å².